The third-order valence-electron chi connectivity index (χ3n) is 4.72. The monoisotopic (exact) mass is 534 g/mol. The molecule has 0 bridgehead atoms. The number of halogens is 4. The summed E-state index contributed by atoms with van der Waals surface area (Å²) in [5, 5.41) is 5.61. The Labute approximate surface area is 207 Å². The van der Waals surface area contributed by atoms with Crippen molar-refractivity contribution < 1.29 is 36.1 Å². The number of anilines is 2. The zero-order valence-corrected chi connectivity index (χ0v) is 21.0. The molecule has 14 heteroatoms. The molecule has 4 N–H and O–H groups in total. The molecule has 35 heavy (non-hydrogen) atoms. The number of amides is 2. The van der Waals surface area contributed by atoms with Crippen LogP contribution in [0.1, 0.15) is 19.8 Å². The van der Waals surface area contributed by atoms with E-state index >= 15 is 0 Å². The Morgan fingerprint density at radius 2 is 1.46 bits per heavy atom. The number of fused-ring (bicyclic) bond motifs is 2. The van der Waals surface area contributed by atoms with Gasteiger partial charge in [0.15, 0.2) is 0 Å². The normalized spacial score (nSPS) is 13.2. The second-order valence-corrected chi connectivity index (χ2v) is 10.9. The van der Waals surface area contributed by atoms with Crippen LogP contribution in [0.5, 0.6) is 0 Å². The van der Waals surface area contributed by atoms with Crippen molar-refractivity contribution in [1.82, 2.24) is 15.5 Å². The SMILES string of the molecule is CCO[Si](O)(O)CCCNC(=O)NCCC[N+]1c2ccccc2Sc2ccccc21.F[B-](F)(F)F. The van der Waals surface area contributed by atoms with Crippen LogP contribution >= 0.6 is 11.8 Å². The summed E-state index contributed by atoms with van der Waals surface area (Å²) in [5.74, 6) is 0. The van der Waals surface area contributed by atoms with Gasteiger partial charge in [-0.15, -0.1) is 0 Å². The van der Waals surface area contributed by atoms with Crippen molar-refractivity contribution in [2.75, 3.05) is 26.2 Å². The highest BCUT2D eigenvalue weighted by molar-refractivity contribution is 7.99. The average molecular weight is 534 g/mol. The first kappa shape index (κ1) is 29.1. The van der Waals surface area contributed by atoms with Gasteiger partial charge in [-0.25, -0.2) is 4.79 Å². The molecule has 2 amide bonds. The van der Waals surface area contributed by atoms with Crippen molar-refractivity contribution in [3.8, 4) is 0 Å². The van der Waals surface area contributed by atoms with E-state index in [-0.39, 0.29) is 18.7 Å². The minimum Gasteiger partial charge on any atom is -0.418 e. The Morgan fingerprint density at radius 3 is 1.97 bits per heavy atom. The summed E-state index contributed by atoms with van der Waals surface area (Å²) in [7, 11) is -9.56. The van der Waals surface area contributed by atoms with Crippen molar-refractivity contribution in [3.05, 3.63) is 48.5 Å². The number of benzene rings is 2. The van der Waals surface area contributed by atoms with E-state index in [1.807, 2.05) is 12.1 Å². The zero-order valence-electron chi connectivity index (χ0n) is 19.2. The van der Waals surface area contributed by atoms with Gasteiger partial charge in [-0.2, -0.15) is 0 Å². The molecule has 0 saturated heterocycles. The molecule has 1 aliphatic heterocycles. The summed E-state index contributed by atoms with van der Waals surface area (Å²) in [6.45, 7) is 3.72. The van der Waals surface area contributed by atoms with Gasteiger partial charge in [0.25, 0.3) is 0 Å². The summed E-state index contributed by atoms with van der Waals surface area (Å²) < 4.78 is 43.9. The van der Waals surface area contributed by atoms with Crippen LogP contribution in [0.4, 0.5) is 33.4 Å². The first-order valence-corrected chi connectivity index (χ1v) is 13.9. The van der Waals surface area contributed by atoms with E-state index in [0.717, 1.165) is 13.0 Å². The van der Waals surface area contributed by atoms with Gasteiger partial charge in [0.2, 0.25) is 11.4 Å². The number of nitrogens with zero attached hydrogens (tertiary/aromatic N) is 1. The topological polar surface area (TPSA) is 96.7 Å². The summed E-state index contributed by atoms with van der Waals surface area (Å²) in [6.07, 6.45) is 1.26. The summed E-state index contributed by atoms with van der Waals surface area (Å²) in [5.41, 5.74) is 2.39. The smallest absolute Gasteiger partial charge is 0.418 e. The van der Waals surface area contributed by atoms with Gasteiger partial charge in [-0.1, -0.05) is 40.9 Å². The number of para-hydroxylation sites is 2. The fourth-order valence-corrected chi connectivity index (χ4v) is 5.69. The maximum absolute atomic E-state index is 12.0. The first-order valence-electron chi connectivity index (χ1n) is 11.1. The van der Waals surface area contributed by atoms with Crippen molar-refractivity contribution in [3.63, 3.8) is 0 Å². The molecular weight excluding hydrogens is 505 g/mol. The van der Waals surface area contributed by atoms with Gasteiger partial charge in [0.05, 0.1) is 9.79 Å². The molecule has 2 aromatic carbocycles. The lowest BCUT2D eigenvalue weighted by molar-refractivity contribution is 0.155. The molecule has 1 radical (unpaired) electrons. The van der Waals surface area contributed by atoms with Crippen LogP contribution in [0, 0.1) is 0 Å². The zero-order chi connectivity index (χ0) is 25.9. The third kappa shape index (κ3) is 11.0. The number of carbonyl (C=O) groups is 1. The van der Waals surface area contributed by atoms with Gasteiger partial charge in [-0.05, 0) is 25.5 Å². The Hall–Kier alpha value is -2.10. The minimum atomic E-state index is -6.00. The summed E-state index contributed by atoms with van der Waals surface area (Å²) in [6, 6.07) is 16.7. The number of hydrogen-bond donors (Lipinski definition) is 4. The molecule has 2 aromatic rings. The Balaban J connectivity index is 0.000000784. The van der Waals surface area contributed by atoms with Crippen LogP contribution in [0.2, 0.25) is 6.04 Å². The Bertz CT molecular complexity index is 907. The summed E-state index contributed by atoms with van der Waals surface area (Å²) >= 11 is 1.78. The van der Waals surface area contributed by atoms with E-state index in [1.54, 1.807) is 18.7 Å². The van der Waals surface area contributed by atoms with Gasteiger partial charge in [0, 0.05) is 44.3 Å². The number of hydrogen-bond acceptors (Lipinski definition) is 6. The lowest BCUT2D eigenvalue weighted by Gasteiger charge is -2.21. The molecule has 0 unspecified atom stereocenters. The standard InChI is InChI=1S/C21H29N3O4SSi.BF4/c1-2-28-30(26,27)16-8-14-23-21(25)22-13-7-15-24-17-9-3-5-11-19(17)29-20-12-6-4-10-18(20)24;2-1(3,4)5/h3-6,9-12,26-27H,2,7-8,13-16H2,1H3,(H2,22,23,25);/q+1;-1. The molecule has 1 heterocycles. The third-order valence-corrected chi connectivity index (χ3v) is 7.60. The fraction of sp³-hybridized carbons (Fsp3) is 0.381. The van der Waals surface area contributed by atoms with E-state index in [9.17, 15) is 31.6 Å². The van der Waals surface area contributed by atoms with Crippen molar-refractivity contribution in [1.29, 1.82) is 0 Å². The average Bonchev–Trinajstić information content (AvgIpc) is 2.77. The second kappa shape index (κ2) is 13.8. The molecule has 0 aliphatic carbocycles. The molecule has 1 aliphatic rings. The molecule has 0 spiro atoms. The lowest BCUT2D eigenvalue weighted by atomic mass is 10.2. The molecule has 193 valence electrons. The van der Waals surface area contributed by atoms with Crippen molar-refractivity contribution in [2.45, 2.75) is 35.6 Å². The van der Waals surface area contributed by atoms with E-state index in [2.05, 4.69) is 51.9 Å². The predicted molar refractivity (Wildman–Crippen MR) is 131 cm³/mol. The number of carbonyl (C=O) groups excluding carboxylic acids is 1. The molecule has 0 atom stereocenters. The number of urea groups is 1. The molecule has 0 fully saturated rings. The predicted octanol–water partition coefficient (Wildman–Crippen LogP) is 4.59. The first-order chi connectivity index (χ1) is 16.5. The van der Waals surface area contributed by atoms with Gasteiger partial charge >= 0.3 is 22.1 Å². The maximum Gasteiger partial charge on any atom is 0.673 e. The largest absolute Gasteiger partial charge is 0.673 e. The van der Waals surface area contributed by atoms with E-state index in [4.69, 9.17) is 4.43 Å². The van der Waals surface area contributed by atoms with Crippen LogP contribution in [-0.2, 0) is 4.43 Å². The van der Waals surface area contributed by atoms with E-state index < -0.39 is 16.1 Å². The van der Waals surface area contributed by atoms with Crippen LogP contribution < -0.4 is 15.5 Å². The molecule has 7 nitrogen and oxygen atoms in total. The number of nitrogens with one attached hydrogen (secondary N) is 2. The van der Waals surface area contributed by atoms with E-state index in [0.29, 0.717) is 19.5 Å². The van der Waals surface area contributed by atoms with Crippen molar-refractivity contribution >= 4 is 45.2 Å². The van der Waals surface area contributed by atoms with Crippen LogP contribution in [0.15, 0.2) is 58.3 Å². The Morgan fingerprint density at radius 1 is 0.971 bits per heavy atom. The lowest BCUT2D eigenvalue weighted by Crippen LogP contribution is -2.41. The molecule has 0 saturated carbocycles. The van der Waals surface area contributed by atoms with Gasteiger partial charge < -0.3 is 41.9 Å². The quantitative estimate of drug-likeness (QED) is 0.155. The van der Waals surface area contributed by atoms with Gasteiger partial charge in [-0.3, -0.25) is 0 Å². The van der Waals surface area contributed by atoms with Crippen LogP contribution in [-0.4, -0.2) is 57.9 Å². The van der Waals surface area contributed by atoms with Gasteiger partial charge in [0.1, 0.15) is 6.54 Å². The minimum absolute atomic E-state index is 0.174. The number of rotatable bonds is 10. The molecule has 3 rings (SSSR count). The summed E-state index contributed by atoms with van der Waals surface area (Å²) in [4.78, 5) is 36.0. The fourth-order valence-electron chi connectivity index (χ4n) is 3.35. The Kier molecular flexibility index (Phi) is 11.5. The molecular formula is C21H29BF4N3O4SSi. The highest BCUT2D eigenvalue weighted by Gasteiger charge is 2.33. The second-order valence-electron chi connectivity index (χ2n) is 7.50. The highest BCUT2D eigenvalue weighted by Crippen LogP contribution is 2.47. The molecule has 0 aromatic heterocycles. The van der Waals surface area contributed by atoms with Crippen molar-refractivity contribution in [2.24, 2.45) is 0 Å². The maximum atomic E-state index is 12.0. The van der Waals surface area contributed by atoms with Crippen LogP contribution in [0.25, 0.3) is 0 Å². The highest BCUT2D eigenvalue weighted by atomic mass is 32.2. The van der Waals surface area contributed by atoms with E-state index in [1.165, 1.54) is 21.2 Å². The van der Waals surface area contributed by atoms with Crippen LogP contribution in [0.3, 0.4) is 0 Å².